The molecule has 2 amide bonds. The number of hydrogen-bond donors (Lipinski definition) is 2. The van der Waals surface area contributed by atoms with E-state index in [2.05, 4.69) is 5.43 Å². The number of amides is 2. The lowest BCUT2D eigenvalue weighted by atomic mass is 9.91. The van der Waals surface area contributed by atoms with Gasteiger partial charge in [0.05, 0.1) is 11.1 Å². The first-order valence-corrected chi connectivity index (χ1v) is 5.99. The van der Waals surface area contributed by atoms with Crippen LogP contribution in [-0.2, 0) is 9.59 Å². The predicted octanol–water partition coefficient (Wildman–Crippen LogP) is 0.428. The normalized spacial score (nSPS) is 14.7. The number of anilines is 1. The molecule has 0 saturated carbocycles. The Kier molecular flexibility index (Phi) is 3.44. The highest BCUT2D eigenvalue weighted by Gasteiger charge is 2.35. The number of nitrogens with two attached hydrogens (primary N) is 1. The van der Waals surface area contributed by atoms with E-state index in [9.17, 15) is 9.59 Å². The fourth-order valence-electron chi connectivity index (χ4n) is 1.99. The van der Waals surface area contributed by atoms with E-state index in [1.807, 2.05) is 12.1 Å². The summed E-state index contributed by atoms with van der Waals surface area (Å²) < 4.78 is 5.35. The molecule has 1 aliphatic heterocycles. The minimum Gasteiger partial charge on any atom is -0.482 e. The van der Waals surface area contributed by atoms with E-state index in [0.717, 1.165) is 0 Å². The molecule has 1 aliphatic rings. The average Bonchev–Trinajstić information content (AvgIpc) is 2.41. The van der Waals surface area contributed by atoms with Crippen LogP contribution in [0.15, 0.2) is 24.3 Å². The van der Waals surface area contributed by atoms with Crippen molar-refractivity contribution in [3.05, 3.63) is 24.3 Å². The molecule has 0 aromatic heterocycles. The number of nitrogens with zero attached hydrogens (tertiary/aromatic N) is 1. The molecular weight excluding hydrogens is 246 g/mol. The van der Waals surface area contributed by atoms with Crippen molar-refractivity contribution < 1.29 is 14.3 Å². The highest BCUT2D eigenvalue weighted by molar-refractivity contribution is 5.98. The maximum atomic E-state index is 12.0. The van der Waals surface area contributed by atoms with Gasteiger partial charge in [0.2, 0.25) is 5.91 Å². The fraction of sp³-hybridized carbons (Fsp3) is 0.385. The first-order chi connectivity index (χ1) is 8.95. The summed E-state index contributed by atoms with van der Waals surface area (Å²) in [5, 5.41) is 0. The lowest BCUT2D eigenvalue weighted by Crippen LogP contribution is -2.50. The molecule has 0 atom stereocenters. The Labute approximate surface area is 111 Å². The van der Waals surface area contributed by atoms with Crippen molar-refractivity contribution in [2.24, 2.45) is 11.3 Å². The number of rotatable bonds is 3. The highest BCUT2D eigenvalue weighted by Crippen LogP contribution is 2.33. The van der Waals surface area contributed by atoms with Gasteiger partial charge in [-0.1, -0.05) is 12.1 Å². The topological polar surface area (TPSA) is 84.7 Å². The summed E-state index contributed by atoms with van der Waals surface area (Å²) in [4.78, 5) is 25.3. The van der Waals surface area contributed by atoms with E-state index in [4.69, 9.17) is 10.6 Å². The molecule has 0 bridgehead atoms. The van der Waals surface area contributed by atoms with Gasteiger partial charge in [-0.3, -0.25) is 15.0 Å². The average molecular weight is 263 g/mol. The molecule has 2 rings (SSSR count). The number of carbonyl (C=O) groups excluding carboxylic acids is 2. The van der Waals surface area contributed by atoms with Crippen LogP contribution in [0.5, 0.6) is 5.75 Å². The van der Waals surface area contributed by atoms with Gasteiger partial charge in [-0.2, -0.15) is 0 Å². The number of fused-ring (bicyclic) bond motifs is 1. The maximum absolute atomic E-state index is 12.0. The number of nitrogens with one attached hydrogen (secondary N) is 1. The standard InChI is InChI=1S/C13H17N3O3/c1-13(2,12(18)15-14)8-16-9-5-3-4-6-10(9)19-7-11(16)17/h3-6H,7-8,14H2,1-2H3,(H,15,18). The zero-order valence-electron chi connectivity index (χ0n) is 11.0. The number of carbonyl (C=O) groups is 2. The molecule has 0 saturated heterocycles. The molecule has 0 aliphatic carbocycles. The fourth-order valence-corrected chi connectivity index (χ4v) is 1.99. The molecule has 102 valence electrons. The number of benzene rings is 1. The molecule has 1 aromatic rings. The highest BCUT2D eigenvalue weighted by atomic mass is 16.5. The van der Waals surface area contributed by atoms with Crippen molar-refractivity contribution in [1.82, 2.24) is 5.43 Å². The second-order valence-corrected chi connectivity index (χ2v) is 5.09. The van der Waals surface area contributed by atoms with Crippen LogP contribution in [0.3, 0.4) is 0 Å². The Morgan fingerprint density at radius 3 is 2.84 bits per heavy atom. The van der Waals surface area contributed by atoms with Crippen LogP contribution in [0.4, 0.5) is 5.69 Å². The molecule has 6 heteroatoms. The predicted molar refractivity (Wildman–Crippen MR) is 70.4 cm³/mol. The third-order valence-electron chi connectivity index (χ3n) is 3.11. The van der Waals surface area contributed by atoms with Crippen molar-refractivity contribution in [3.8, 4) is 5.75 Å². The minimum absolute atomic E-state index is 0.0165. The summed E-state index contributed by atoms with van der Waals surface area (Å²) in [6.45, 7) is 3.70. The lowest BCUT2D eigenvalue weighted by Gasteiger charge is -2.34. The zero-order chi connectivity index (χ0) is 14.0. The van der Waals surface area contributed by atoms with E-state index < -0.39 is 5.41 Å². The zero-order valence-corrected chi connectivity index (χ0v) is 11.0. The Balaban J connectivity index is 2.29. The molecule has 3 N–H and O–H groups in total. The maximum Gasteiger partial charge on any atom is 0.265 e. The SMILES string of the molecule is CC(C)(CN1C(=O)COc2ccccc21)C(=O)NN. The van der Waals surface area contributed by atoms with E-state index in [1.165, 1.54) is 0 Å². The molecular formula is C13H17N3O3. The number of ether oxygens (including phenoxy) is 1. The Hall–Kier alpha value is -2.08. The molecule has 0 unspecified atom stereocenters. The van der Waals surface area contributed by atoms with Crippen LogP contribution in [0.2, 0.25) is 0 Å². The van der Waals surface area contributed by atoms with Gasteiger partial charge in [-0.15, -0.1) is 0 Å². The monoisotopic (exact) mass is 263 g/mol. The largest absolute Gasteiger partial charge is 0.482 e. The summed E-state index contributed by atoms with van der Waals surface area (Å²) >= 11 is 0. The van der Waals surface area contributed by atoms with Gasteiger partial charge < -0.3 is 9.64 Å². The first kappa shape index (κ1) is 13.4. The van der Waals surface area contributed by atoms with Gasteiger partial charge in [-0.25, -0.2) is 5.84 Å². The second-order valence-electron chi connectivity index (χ2n) is 5.09. The summed E-state index contributed by atoms with van der Waals surface area (Å²) in [7, 11) is 0. The van der Waals surface area contributed by atoms with E-state index >= 15 is 0 Å². The van der Waals surface area contributed by atoms with Gasteiger partial charge in [0, 0.05) is 6.54 Å². The lowest BCUT2D eigenvalue weighted by molar-refractivity contribution is -0.129. The van der Waals surface area contributed by atoms with E-state index in [-0.39, 0.29) is 25.0 Å². The van der Waals surface area contributed by atoms with Gasteiger partial charge in [0.1, 0.15) is 5.75 Å². The van der Waals surface area contributed by atoms with Crippen LogP contribution in [0, 0.1) is 5.41 Å². The van der Waals surface area contributed by atoms with Gasteiger partial charge >= 0.3 is 0 Å². The molecule has 1 heterocycles. The van der Waals surface area contributed by atoms with Crippen molar-refractivity contribution in [1.29, 1.82) is 0 Å². The van der Waals surface area contributed by atoms with Gasteiger partial charge in [0.25, 0.3) is 5.91 Å². The van der Waals surface area contributed by atoms with Crippen LogP contribution >= 0.6 is 0 Å². The molecule has 6 nitrogen and oxygen atoms in total. The minimum atomic E-state index is -0.783. The Bertz CT molecular complexity index is 514. The number of para-hydroxylation sites is 2. The van der Waals surface area contributed by atoms with E-state index in [0.29, 0.717) is 11.4 Å². The quantitative estimate of drug-likeness (QED) is 0.470. The Morgan fingerprint density at radius 1 is 1.47 bits per heavy atom. The summed E-state index contributed by atoms with van der Waals surface area (Å²) in [6, 6.07) is 7.25. The van der Waals surface area contributed by atoms with Crippen molar-refractivity contribution in [3.63, 3.8) is 0 Å². The molecule has 0 radical (unpaired) electrons. The third kappa shape index (κ3) is 2.53. The third-order valence-corrected chi connectivity index (χ3v) is 3.11. The molecule has 19 heavy (non-hydrogen) atoms. The van der Waals surface area contributed by atoms with Crippen molar-refractivity contribution in [2.75, 3.05) is 18.1 Å². The smallest absolute Gasteiger partial charge is 0.265 e. The summed E-state index contributed by atoms with van der Waals surface area (Å²) in [6.07, 6.45) is 0. The van der Waals surface area contributed by atoms with Crippen LogP contribution in [0.1, 0.15) is 13.8 Å². The summed E-state index contributed by atoms with van der Waals surface area (Å²) in [5.41, 5.74) is 2.02. The summed E-state index contributed by atoms with van der Waals surface area (Å²) in [5.74, 6) is 5.32. The van der Waals surface area contributed by atoms with Crippen LogP contribution in [0.25, 0.3) is 0 Å². The second kappa shape index (κ2) is 4.89. The van der Waals surface area contributed by atoms with Crippen molar-refractivity contribution in [2.45, 2.75) is 13.8 Å². The number of hydrazine groups is 1. The van der Waals surface area contributed by atoms with E-state index in [1.54, 1.807) is 30.9 Å². The van der Waals surface area contributed by atoms with Gasteiger partial charge in [0.15, 0.2) is 6.61 Å². The first-order valence-electron chi connectivity index (χ1n) is 5.99. The van der Waals surface area contributed by atoms with Crippen molar-refractivity contribution >= 4 is 17.5 Å². The molecule has 0 fully saturated rings. The number of hydrogen-bond acceptors (Lipinski definition) is 4. The van der Waals surface area contributed by atoms with Crippen LogP contribution < -0.4 is 20.9 Å². The molecule has 1 aromatic carbocycles. The van der Waals surface area contributed by atoms with Crippen LogP contribution in [-0.4, -0.2) is 25.0 Å². The van der Waals surface area contributed by atoms with Gasteiger partial charge in [-0.05, 0) is 26.0 Å². The Morgan fingerprint density at radius 2 is 2.16 bits per heavy atom. The molecule has 0 spiro atoms.